The summed E-state index contributed by atoms with van der Waals surface area (Å²) in [6.07, 6.45) is 0. The van der Waals surface area contributed by atoms with Crippen LogP contribution in [0.4, 0.5) is 11.4 Å². The fourth-order valence-corrected chi connectivity index (χ4v) is 1.82. The number of nitro benzene ring substituents is 2. The Morgan fingerprint density at radius 2 is 1.27 bits per heavy atom. The third-order valence-corrected chi connectivity index (χ3v) is 3.08. The lowest BCUT2D eigenvalue weighted by Crippen LogP contribution is -2.12. The molecule has 0 N–H and O–H groups in total. The Hall–Kier alpha value is -4.02. The van der Waals surface area contributed by atoms with E-state index in [0.717, 1.165) is 12.1 Å². The number of carbonyl (C=O) groups excluding carboxylic acids is 2. The van der Waals surface area contributed by atoms with Gasteiger partial charge in [-0.15, -0.1) is 0 Å². The van der Waals surface area contributed by atoms with Crippen LogP contribution in [0.3, 0.4) is 0 Å². The van der Waals surface area contributed by atoms with Crippen LogP contribution in [0.5, 0.6) is 5.75 Å². The molecule has 0 saturated carbocycles. The predicted molar refractivity (Wildman–Crippen MR) is 83.6 cm³/mol. The molecule has 26 heavy (non-hydrogen) atoms. The molecule has 2 rings (SSSR count). The van der Waals surface area contributed by atoms with Crippen LogP contribution in [-0.4, -0.2) is 28.9 Å². The van der Waals surface area contributed by atoms with Crippen LogP contribution >= 0.6 is 0 Å². The van der Waals surface area contributed by atoms with Gasteiger partial charge >= 0.3 is 11.9 Å². The van der Waals surface area contributed by atoms with Gasteiger partial charge in [0.2, 0.25) is 0 Å². The first-order valence-corrected chi connectivity index (χ1v) is 6.83. The van der Waals surface area contributed by atoms with Gasteiger partial charge in [-0.25, -0.2) is 19.4 Å². The van der Waals surface area contributed by atoms with E-state index in [0.29, 0.717) is 11.8 Å². The van der Waals surface area contributed by atoms with E-state index in [1.807, 2.05) is 0 Å². The van der Waals surface area contributed by atoms with Crippen LogP contribution in [0.2, 0.25) is 0 Å². The number of ether oxygens (including phenoxy) is 1. The van der Waals surface area contributed by atoms with Crippen molar-refractivity contribution in [1.29, 1.82) is 0 Å². The maximum absolute atomic E-state index is 11.9. The minimum atomic E-state index is -1.31. The molecule has 2 aromatic rings. The number of nitro groups is 2. The second-order valence-corrected chi connectivity index (χ2v) is 4.72. The molecule has 0 aliphatic rings. The van der Waals surface area contributed by atoms with Gasteiger partial charge in [0, 0.05) is 12.1 Å². The molecule has 0 spiro atoms. The highest BCUT2D eigenvalue weighted by molar-refractivity contribution is 5.93. The molecule has 0 aromatic heterocycles. The molecule has 134 valence electrons. The number of hydrogen-bond acceptors (Lipinski definition) is 9. The van der Waals surface area contributed by atoms with Crippen molar-refractivity contribution < 1.29 is 33.9 Å². The van der Waals surface area contributed by atoms with E-state index in [1.165, 1.54) is 31.4 Å². The maximum Gasteiger partial charge on any atom is 0.386 e. The molecular formula is C15H10N2O9. The summed E-state index contributed by atoms with van der Waals surface area (Å²) in [6, 6.07) is 7.86. The zero-order chi connectivity index (χ0) is 19.3. The molecule has 0 amide bonds. The second kappa shape index (κ2) is 7.70. The van der Waals surface area contributed by atoms with E-state index < -0.39 is 38.7 Å². The van der Waals surface area contributed by atoms with Crippen LogP contribution in [0.1, 0.15) is 20.7 Å². The minimum Gasteiger partial charge on any atom is -0.497 e. The molecule has 2 aromatic carbocycles. The van der Waals surface area contributed by atoms with Gasteiger partial charge < -0.3 is 4.74 Å². The number of hydrogen-bond donors (Lipinski definition) is 0. The fraction of sp³-hybridized carbons (Fsp3) is 0.0667. The standard InChI is InChI=1S/C15H10N2O9/c1-24-13-4-2-9(3-5-13)14(18)25-26-15(19)10-6-11(16(20)21)8-12(7-10)17(22)23/h2-8H,1H3. The summed E-state index contributed by atoms with van der Waals surface area (Å²) < 4.78 is 4.92. The monoisotopic (exact) mass is 362 g/mol. The van der Waals surface area contributed by atoms with Crippen molar-refractivity contribution in [2.24, 2.45) is 0 Å². The van der Waals surface area contributed by atoms with Gasteiger partial charge in [-0.1, -0.05) is 0 Å². The minimum absolute atomic E-state index is 0.0450. The molecule has 0 atom stereocenters. The Labute approximate surface area is 144 Å². The first-order chi connectivity index (χ1) is 12.3. The average Bonchev–Trinajstić information content (AvgIpc) is 2.65. The van der Waals surface area contributed by atoms with Crippen molar-refractivity contribution in [3.63, 3.8) is 0 Å². The summed E-state index contributed by atoms with van der Waals surface area (Å²) in [5, 5.41) is 21.6. The summed E-state index contributed by atoms with van der Waals surface area (Å²) in [7, 11) is 1.44. The molecule has 0 unspecified atom stereocenters. The summed E-state index contributed by atoms with van der Waals surface area (Å²) in [5.74, 6) is -1.83. The molecule has 0 aliphatic carbocycles. The van der Waals surface area contributed by atoms with Gasteiger partial charge in [0.1, 0.15) is 5.75 Å². The quantitative estimate of drug-likeness (QED) is 0.444. The van der Waals surface area contributed by atoms with E-state index in [4.69, 9.17) is 4.74 Å². The highest BCUT2D eigenvalue weighted by atomic mass is 17.2. The van der Waals surface area contributed by atoms with E-state index in [-0.39, 0.29) is 5.56 Å². The van der Waals surface area contributed by atoms with Crippen LogP contribution in [0, 0.1) is 20.2 Å². The lowest BCUT2D eigenvalue weighted by Gasteiger charge is -2.04. The average molecular weight is 362 g/mol. The normalized spacial score (nSPS) is 9.88. The Morgan fingerprint density at radius 1 is 0.808 bits per heavy atom. The van der Waals surface area contributed by atoms with Crippen molar-refractivity contribution in [1.82, 2.24) is 0 Å². The summed E-state index contributed by atoms with van der Waals surface area (Å²) in [4.78, 5) is 52.1. The molecule has 0 heterocycles. The number of rotatable bonds is 5. The number of non-ortho nitro benzene ring substituents is 2. The number of carbonyl (C=O) groups is 2. The van der Waals surface area contributed by atoms with E-state index in [2.05, 4.69) is 9.78 Å². The Morgan fingerprint density at radius 3 is 1.69 bits per heavy atom. The summed E-state index contributed by atoms with van der Waals surface area (Å²) >= 11 is 0. The van der Waals surface area contributed by atoms with Gasteiger partial charge in [0.05, 0.1) is 34.1 Å². The van der Waals surface area contributed by atoms with E-state index in [1.54, 1.807) is 0 Å². The molecule has 0 saturated heterocycles. The van der Waals surface area contributed by atoms with Crippen molar-refractivity contribution in [2.45, 2.75) is 0 Å². The van der Waals surface area contributed by atoms with Crippen molar-refractivity contribution in [3.8, 4) is 5.75 Å². The largest absolute Gasteiger partial charge is 0.497 e. The topological polar surface area (TPSA) is 148 Å². The van der Waals surface area contributed by atoms with Gasteiger partial charge in [0.15, 0.2) is 0 Å². The Bertz CT molecular complexity index is 845. The molecule has 0 aliphatic heterocycles. The van der Waals surface area contributed by atoms with Crippen LogP contribution in [0.25, 0.3) is 0 Å². The molecule has 0 bridgehead atoms. The molecule has 11 heteroatoms. The molecule has 0 radical (unpaired) electrons. The van der Waals surface area contributed by atoms with Crippen LogP contribution < -0.4 is 4.74 Å². The zero-order valence-electron chi connectivity index (χ0n) is 13.1. The number of benzene rings is 2. The number of methoxy groups -OCH3 is 1. The van der Waals surface area contributed by atoms with E-state index in [9.17, 15) is 29.8 Å². The maximum atomic E-state index is 11.9. The SMILES string of the molecule is COc1ccc(C(=O)OOC(=O)c2cc([N+](=O)[O-])cc([N+](=O)[O-])c2)cc1. The zero-order valence-corrected chi connectivity index (χ0v) is 13.1. The first kappa shape index (κ1) is 18.3. The van der Waals surface area contributed by atoms with Crippen LogP contribution in [0.15, 0.2) is 42.5 Å². The van der Waals surface area contributed by atoms with Gasteiger partial charge in [-0.3, -0.25) is 20.2 Å². The smallest absolute Gasteiger partial charge is 0.386 e. The Kier molecular flexibility index (Phi) is 5.43. The van der Waals surface area contributed by atoms with E-state index >= 15 is 0 Å². The second-order valence-electron chi connectivity index (χ2n) is 4.72. The van der Waals surface area contributed by atoms with Crippen molar-refractivity contribution in [3.05, 3.63) is 73.8 Å². The van der Waals surface area contributed by atoms with Gasteiger partial charge in [0.25, 0.3) is 11.4 Å². The molecular weight excluding hydrogens is 352 g/mol. The highest BCUT2D eigenvalue weighted by Gasteiger charge is 2.22. The summed E-state index contributed by atoms with van der Waals surface area (Å²) in [6.45, 7) is 0. The fourth-order valence-electron chi connectivity index (χ4n) is 1.82. The molecule has 0 fully saturated rings. The summed E-state index contributed by atoms with van der Waals surface area (Å²) in [5.41, 5.74) is -1.85. The van der Waals surface area contributed by atoms with Gasteiger partial charge in [-0.05, 0) is 24.3 Å². The third-order valence-electron chi connectivity index (χ3n) is 3.08. The predicted octanol–water partition coefficient (Wildman–Crippen LogP) is 2.44. The molecule has 11 nitrogen and oxygen atoms in total. The lowest BCUT2D eigenvalue weighted by molar-refractivity contribution is -0.394. The van der Waals surface area contributed by atoms with Crippen molar-refractivity contribution in [2.75, 3.05) is 7.11 Å². The number of nitrogens with zero attached hydrogens (tertiary/aromatic N) is 2. The lowest BCUT2D eigenvalue weighted by atomic mass is 10.2. The Balaban J connectivity index is 2.12. The third kappa shape index (κ3) is 4.29. The van der Waals surface area contributed by atoms with Gasteiger partial charge in [-0.2, -0.15) is 0 Å². The highest BCUT2D eigenvalue weighted by Crippen LogP contribution is 2.23. The first-order valence-electron chi connectivity index (χ1n) is 6.83. The van der Waals surface area contributed by atoms with Crippen molar-refractivity contribution >= 4 is 23.3 Å². The van der Waals surface area contributed by atoms with Crippen LogP contribution in [-0.2, 0) is 9.78 Å².